The highest BCUT2D eigenvalue weighted by Gasteiger charge is 2.68. The van der Waals surface area contributed by atoms with E-state index in [1.165, 1.54) is 26.0 Å². The predicted octanol–water partition coefficient (Wildman–Crippen LogP) is 2.02. The van der Waals surface area contributed by atoms with Gasteiger partial charge in [0, 0.05) is 10.1 Å². The van der Waals surface area contributed by atoms with Crippen LogP contribution in [-0.2, 0) is 19.1 Å². The summed E-state index contributed by atoms with van der Waals surface area (Å²) in [6, 6.07) is 11.4. The monoisotopic (exact) mass is 305 g/mol. The van der Waals surface area contributed by atoms with E-state index in [4.69, 9.17) is 9.47 Å². The number of benzene rings is 1. The molecule has 0 aromatic heterocycles. The zero-order valence-electron chi connectivity index (χ0n) is 11.7. The number of thioether (sulfide) groups is 1. The number of esters is 2. The van der Waals surface area contributed by atoms with Gasteiger partial charge in [-0.2, -0.15) is 5.26 Å². The highest BCUT2D eigenvalue weighted by Crippen LogP contribution is 2.55. The van der Waals surface area contributed by atoms with Gasteiger partial charge in [-0.15, -0.1) is 11.8 Å². The van der Waals surface area contributed by atoms with E-state index in [1.54, 1.807) is 0 Å². The van der Waals surface area contributed by atoms with Gasteiger partial charge in [0.1, 0.15) is 0 Å². The van der Waals surface area contributed by atoms with Gasteiger partial charge in [-0.1, -0.05) is 18.2 Å². The average Bonchev–Trinajstić information content (AvgIpc) is 2.51. The van der Waals surface area contributed by atoms with Crippen molar-refractivity contribution in [1.29, 1.82) is 5.26 Å². The Morgan fingerprint density at radius 1 is 1.24 bits per heavy atom. The molecule has 110 valence electrons. The van der Waals surface area contributed by atoms with Crippen LogP contribution < -0.4 is 0 Å². The first kappa shape index (κ1) is 15.4. The zero-order valence-corrected chi connectivity index (χ0v) is 12.6. The molecule has 2 rings (SSSR count). The normalized spacial score (nSPS) is 22.5. The summed E-state index contributed by atoms with van der Waals surface area (Å²) in [5.41, 5.74) is -1.54. The Balaban J connectivity index is 2.35. The van der Waals surface area contributed by atoms with Crippen LogP contribution in [0.1, 0.15) is 6.42 Å². The molecule has 0 heterocycles. The van der Waals surface area contributed by atoms with E-state index in [-0.39, 0.29) is 5.25 Å². The molecule has 21 heavy (non-hydrogen) atoms. The number of hydrogen-bond acceptors (Lipinski definition) is 6. The fraction of sp³-hybridized carbons (Fsp3) is 0.400. The molecule has 1 aliphatic rings. The molecule has 0 bridgehead atoms. The third-order valence-electron chi connectivity index (χ3n) is 3.73. The summed E-state index contributed by atoms with van der Waals surface area (Å²) in [6.45, 7) is 0. The average molecular weight is 305 g/mol. The molecule has 0 N–H and O–H groups in total. The maximum atomic E-state index is 12.2. The number of ether oxygens (including phenoxy) is 2. The Kier molecular flexibility index (Phi) is 4.53. The number of carbonyl (C=O) groups excluding carboxylic acids is 2. The van der Waals surface area contributed by atoms with Crippen LogP contribution in [0.25, 0.3) is 0 Å². The smallest absolute Gasteiger partial charge is 0.325 e. The summed E-state index contributed by atoms with van der Waals surface area (Å²) < 4.78 is 9.55. The van der Waals surface area contributed by atoms with E-state index in [0.717, 1.165) is 4.90 Å². The van der Waals surface area contributed by atoms with Crippen LogP contribution in [0.15, 0.2) is 35.2 Å². The third kappa shape index (κ3) is 2.38. The standard InChI is InChI=1S/C15H15NO4S/c1-19-13(17)15(14(18)20-2)10(9-16)8-12(15)21-11-6-4-3-5-7-11/h3-7,10,12H,8H2,1-2H3. The second-order valence-electron chi connectivity index (χ2n) is 4.69. The van der Waals surface area contributed by atoms with Crippen molar-refractivity contribution in [1.82, 2.24) is 0 Å². The van der Waals surface area contributed by atoms with Crippen molar-refractivity contribution in [3.8, 4) is 6.07 Å². The lowest BCUT2D eigenvalue weighted by Crippen LogP contribution is -2.62. The Labute approximate surface area is 127 Å². The second-order valence-corrected chi connectivity index (χ2v) is 5.97. The van der Waals surface area contributed by atoms with Crippen molar-refractivity contribution >= 4 is 23.7 Å². The van der Waals surface area contributed by atoms with Crippen LogP contribution in [0.3, 0.4) is 0 Å². The Morgan fingerprint density at radius 3 is 2.29 bits per heavy atom. The van der Waals surface area contributed by atoms with E-state index >= 15 is 0 Å². The summed E-state index contributed by atoms with van der Waals surface area (Å²) in [5.74, 6) is -2.14. The van der Waals surface area contributed by atoms with Crippen LogP contribution in [-0.4, -0.2) is 31.4 Å². The number of carbonyl (C=O) groups is 2. The Bertz CT molecular complexity index is 565. The minimum absolute atomic E-state index is 0.371. The summed E-state index contributed by atoms with van der Waals surface area (Å²) in [6.07, 6.45) is 0.445. The molecule has 2 atom stereocenters. The van der Waals surface area contributed by atoms with Crippen molar-refractivity contribution in [3.63, 3.8) is 0 Å². The lowest BCUT2D eigenvalue weighted by molar-refractivity contribution is -0.179. The van der Waals surface area contributed by atoms with Crippen LogP contribution >= 0.6 is 11.8 Å². The first-order valence-corrected chi connectivity index (χ1v) is 7.27. The molecule has 0 aliphatic heterocycles. The minimum atomic E-state index is -1.54. The summed E-state index contributed by atoms with van der Waals surface area (Å²) >= 11 is 1.39. The quantitative estimate of drug-likeness (QED) is 0.626. The van der Waals surface area contributed by atoms with Crippen molar-refractivity contribution < 1.29 is 19.1 Å². The van der Waals surface area contributed by atoms with Crippen molar-refractivity contribution in [3.05, 3.63) is 30.3 Å². The molecule has 1 saturated carbocycles. The largest absolute Gasteiger partial charge is 0.468 e. The lowest BCUT2D eigenvalue weighted by atomic mass is 9.60. The van der Waals surface area contributed by atoms with E-state index < -0.39 is 23.3 Å². The Morgan fingerprint density at radius 2 is 1.81 bits per heavy atom. The molecule has 0 amide bonds. The van der Waals surface area contributed by atoms with Gasteiger partial charge in [-0.05, 0) is 18.6 Å². The molecule has 0 spiro atoms. The number of nitrogens with zero attached hydrogens (tertiary/aromatic N) is 1. The second kappa shape index (κ2) is 6.19. The van der Waals surface area contributed by atoms with Gasteiger partial charge in [0.25, 0.3) is 0 Å². The first-order chi connectivity index (χ1) is 10.1. The Hall–Kier alpha value is -2.00. The van der Waals surface area contributed by atoms with E-state index in [0.29, 0.717) is 6.42 Å². The van der Waals surface area contributed by atoms with E-state index in [1.807, 2.05) is 36.4 Å². The predicted molar refractivity (Wildman–Crippen MR) is 76.3 cm³/mol. The van der Waals surface area contributed by atoms with E-state index in [9.17, 15) is 14.9 Å². The van der Waals surface area contributed by atoms with Crippen LogP contribution in [0.2, 0.25) is 0 Å². The van der Waals surface area contributed by atoms with Gasteiger partial charge in [-0.3, -0.25) is 9.59 Å². The number of methoxy groups -OCH3 is 2. The molecule has 1 aromatic carbocycles. The molecule has 2 unspecified atom stereocenters. The molecular weight excluding hydrogens is 290 g/mol. The van der Waals surface area contributed by atoms with E-state index in [2.05, 4.69) is 0 Å². The zero-order chi connectivity index (χ0) is 15.5. The molecule has 0 radical (unpaired) electrons. The fourth-order valence-electron chi connectivity index (χ4n) is 2.58. The van der Waals surface area contributed by atoms with Crippen molar-refractivity contribution in [2.24, 2.45) is 11.3 Å². The van der Waals surface area contributed by atoms with Crippen LogP contribution in [0, 0.1) is 22.7 Å². The van der Waals surface area contributed by atoms with Crippen LogP contribution in [0.4, 0.5) is 0 Å². The highest BCUT2D eigenvalue weighted by molar-refractivity contribution is 8.00. The van der Waals surface area contributed by atoms with Gasteiger partial charge < -0.3 is 9.47 Å². The summed E-state index contributed by atoms with van der Waals surface area (Å²) in [4.78, 5) is 25.3. The molecule has 1 fully saturated rings. The molecule has 1 aliphatic carbocycles. The SMILES string of the molecule is COC(=O)C1(C(=O)OC)C(C#N)CC1Sc1ccccc1. The van der Waals surface area contributed by atoms with Crippen molar-refractivity contribution in [2.45, 2.75) is 16.6 Å². The lowest BCUT2D eigenvalue weighted by Gasteiger charge is -2.47. The highest BCUT2D eigenvalue weighted by atomic mass is 32.2. The molecule has 0 saturated heterocycles. The summed E-state index contributed by atoms with van der Waals surface area (Å²) in [7, 11) is 2.42. The van der Waals surface area contributed by atoms with Gasteiger partial charge in [0.2, 0.25) is 0 Å². The van der Waals surface area contributed by atoms with Gasteiger partial charge in [-0.25, -0.2) is 0 Å². The van der Waals surface area contributed by atoms with Gasteiger partial charge in [0.15, 0.2) is 5.41 Å². The fourth-order valence-corrected chi connectivity index (χ4v) is 4.05. The first-order valence-electron chi connectivity index (χ1n) is 6.39. The van der Waals surface area contributed by atoms with Gasteiger partial charge >= 0.3 is 11.9 Å². The van der Waals surface area contributed by atoms with Crippen LogP contribution in [0.5, 0.6) is 0 Å². The number of nitriles is 1. The minimum Gasteiger partial charge on any atom is -0.468 e. The number of rotatable bonds is 4. The topological polar surface area (TPSA) is 76.4 Å². The third-order valence-corrected chi connectivity index (χ3v) is 5.12. The molecular formula is C15H15NO4S. The molecule has 5 nitrogen and oxygen atoms in total. The van der Waals surface area contributed by atoms with Gasteiger partial charge in [0.05, 0.1) is 26.2 Å². The number of hydrogen-bond donors (Lipinski definition) is 0. The molecule has 1 aromatic rings. The van der Waals surface area contributed by atoms with Crippen molar-refractivity contribution in [2.75, 3.05) is 14.2 Å². The maximum absolute atomic E-state index is 12.2. The molecule has 6 heteroatoms. The summed E-state index contributed by atoms with van der Waals surface area (Å²) in [5, 5.41) is 8.85. The maximum Gasteiger partial charge on any atom is 0.325 e.